The van der Waals surface area contributed by atoms with Crippen LogP contribution in [0, 0.1) is 5.41 Å². The standard InChI is InChI=1S/C11H18N4O3/c12-8(16)7-3-1-6-15(7)10(17)11(4-2-5-11)9(13)14-18/h7,18H,1-6H2,(H2,12,16)(H2,13,14). The maximum Gasteiger partial charge on any atom is 0.240 e. The molecule has 1 heterocycles. The lowest BCUT2D eigenvalue weighted by Crippen LogP contribution is -2.57. The molecular weight excluding hydrogens is 236 g/mol. The molecule has 0 aromatic rings. The zero-order chi connectivity index (χ0) is 13.3. The summed E-state index contributed by atoms with van der Waals surface area (Å²) < 4.78 is 0. The van der Waals surface area contributed by atoms with Crippen LogP contribution in [-0.4, -0.2) is 40.3 Å². The second-order valence-electron chi connectivity index (χ2n) is 4.98. The van der Waals surface area contributed by atoms with Gasteiger partial charge in [0.05, 0.1) is 0 Å². The van der Waals surface area contributed by atoms with Gasteiger partial charge >= 0.3 is 0 Å². The van der Waals surface area contributed by atoms with Crippen LogP contribution < -0.4 is 11.5 Å². The Bertz CT molecular complexity index is 403. The van der Waals surface area contributed by atoms with Gasteiger partial charge in [0.2, 0.25) is 11.8 Å². The largest absolute Gasteiger partial charge is 0.409 e. The molecule has 0 spiro atoms. The maximum atomic E-state index is 12.5. The van der Waals surface area contributed by atoms with Gasteiger partial charge in [-0.05, 0) is 25.7 Å². The van der Waals surface area contributed by atoms with E-state index in [0.29, 0.717) is 25.8 Å². The highest BCUT2D eigenvalue weighted by Gasteiger charge is 2.52. The molecule has 1 saturated carbocycles. The van der Waals surface area contributed by atoms with E-state index in [1.165, 1.54) is 4.90 Å². The summed E-state index contributed by atoms with van der Waals surface area (Å²) in [5, 5.41) is 11.8. The van der Waals surface area contributed by atoms with Gasteiger partial charge in [0.25, 0.3) is 0 Å². The number of carbonyl (C=O) groups is 2. The Labute approximate surface area is 105 Å². The van der Waals surface area contributed by atoms with Gasteiger partial charge in [-0.1, -0.05) is 11.6 Å². The molecular formula is C11H18N4O3. The summed E-state index contributed by atoms with van der Waals surface area (Å²) in [6, 6.07) is -0.554. The normalized spacial score (nSPS) is 26.8. The van der Waals surface area contributed by atoms with Crippen LogP contribution in [0.2, 0.25) is 0 Å². The number of primary amides is 1. The van der Waals surface area contributed by atoms with Gasteiger partial charge in [-0.25, -0.2) is 0 Å². The number of hydrogen-bond donors (Lipinski definition) is 3. The molecule has 0 bridgehead atoms. The molecule has 18 heavy (non-hydrogen) atoms. The van der Waals surface area contributed by atoms with Crippen molar-refractivity contribution in [3.63, 3.8) is 0 Å². The summed E-state index contributed by atoms with van der Waals surface area (Å²) in [6.45, 7) is 0.507. The number of oxime groups is 1. The molecule has 100 valence electrons. The second-order valence-corrected chi connectivity index (χ2v) is 4.98. The van der Waals surface area contributed by atoms with Crippen LogP contribution >= 0.6 is 0 Å². The highest BCUT2D eigenvalue weighted by Crippen LogP contribution is 2.44. The zero-order valence-electron chi connectivity index (χ0n) is 10.1. The van der Waals surface area contributed by atoms with Gasteiger partial charge in [-0.15, -0.1) is 0 Å². The number of nitrogens with two attached hydrogens (primary N) is 2. The zero-order valence-corrected chi connectivity index (χ0v) is 10.1. The summed E-state index contributed by atoms with van der Waals surface area (Å²) in [5.74, 6) is -0.783. The Hall–Kier alpha value is -1.79. The Morgan fingerprint density at radius 3 is 2.39 bits per heavy atom. The van der Waals surface area contributed by atoms with Crippen molar-refractivity contribution < 1.29 is 14.8 Å². The molecule has 1 unspecified atom stereocenters. The fraction of sp³-hybridized carbons (Fsp3) is 0.727. The average Bonchev–Trinajstić information content (AvgIpc) is 2.75. The Kier molecular flexibility index (Phi) is 3.14. The smallest absolute Gasteiger partial charge is 0.240 e. The predicted octanol–water partition coefficient (Wildman–Crippen LogP) is -0.621. The van der Waals surface area contributed by atoms with Gasteiger partial charge in [0.1, 0.15) is 11.5 Å². The van der Waals surface area contributed by atoms with Crippen LogP contribution in [0.3, 0.4) is 0 Å². The van der Waals surface area contributed by atoms with E-state index in [1.54, 1.807) is 0 Å². The molecule has 1 saturated heterocycles. The topological polar surface area (TPSA) is 122 Å². The predicted molar refractivity (Wildman–Crippen MR) is 63.6 cm³/mol. The summed E-state index contributed by atoms with van der Waals surface area (Å²) in [6.07, 6.45) is 3.32. The van der Waals surface area contributed by atoms with Gasteiger partial charge in [0, 0.05) is 6.54 Å². The minimum Gasteiger partial charge on any atom is -0.409 e. The number of rotatable bonds is 3. The number of amidine groups is 1. The van der Waals surface area contributed by atoms with E-state index in [2.05, 4.69) is 5.16 Å². The second kappa shape index (κ2) is 4.47. The van der Waals surface area contributed by atoms with Crippen molar-refractivity contribution in [2.75, 3.05) is 6.54 Å². The van der Waals surface area contributed by atoms with Crippen LogP contribution in [0.25, 0.3) is 0 Å². The van der Waals surface area contributed by atoms with Crippen LogP contribution in [0.4, 0.5) is 0 Å². The van der Waals surface area contributed by atoms with Crippen molar-refractivity contribution in [1.29, 1.82) is 0 Å². The first-order valence-corrected chi connectivity index (χ1v) is 6.11. The van der Waals surface area contributed by atoms with Crippen LogP contribution in [0.15, 0.2) is 5.16 Å². The molecule has 2 rings (SSSR count). The van der Waals surface area contributed by atoms with E-state index in [9.17, 15) is 9.59 Å². The number of likely N-dealkylation sites (tertiary alicyclic amines) is 1. The van der Waals surface area contributed by atoms with Gasteiger partial charge < -0.3 is 21.6 Å². The van der Waals surface area contributed by atoms with Crippen molar-refractivity contribution in [2.45, 2.75) is 38.1 Å². The molecule has 2 amide bonds. The van der Waals surface area contributed by atoms with Crippen molar-refractivity contribution in [3.8, 4) is 0 Å². The molecule has 5 N–H and O–H groups in total. The first-order valence-electron chi connectivity index (χ1n) is 6.11. The summed E-state index contributed by atoms with van der Waals surface area (Å²) in [7, 11) is 0. The summed E-state index contributed by atoms with van der Waals surface area (Å²) in [5.41, 5.74) is 10.0. The molecule has 1 atom stereocenters. The number of carbonyl (C=O) groups excluding carboxylic acids is 2. The SMILES string of the molecule is NC(=O)C1CCCN1C(=O)C1(C(N)=NO)CCC1. The molecule has 1 aliphatic heterocycles. The molecule has 0 aromatic carbocycles. The molecule has 2 aliphatic rings. The maximum absolute atomic E-state index is 12.5. The van der Waals surface area contributed by atoms with Gasteiger partial charge in [-0.2, -0.15) is 0 Å². The van der Waals surface area contributed by atoms with Crippen molar-refractivity contribution in [1.82, 2.24) is 4.90 Å². The van der Waals surface area contributed by atoms with E-state index in [4.69, 9.17) is 16.7 Å². The van der Waals surface area contributed by atoms with Crippen molar-refractivity contribution in [3.05, 3.63) is 0 Å². The number of amides is 2. The average molecular weight is 254 g/mol. The third kappa shape index (κ3) is 1.70. The molecule has 1 aliphatic carbocycles. The van der Waals surface area contributed by atoms with Gasteiger partial charge in [-0.3, -0.25) is 9.59 Å². The number of hydrogen-bond acceptors (Lipinski definition) is 4. The quantitative estimate of drug-likeness (QED) is 0.269. The highest BCUT2D eigenvalue weighted by atomic mass is 16.4. The van der Waals surface area contributed by atoms with E-state index in [0.717, 1.165) is 12.8 Å². The van der Waals surface area contributed by atoms with Crippen molar-refractivity contribution in [2.24, 2.45) is 22.0 Å². The van der Waals surface area contributed by atoms with E-state index < -0.39 is 17.4 Å². The van der Waals surface area contributed by atoms with E-state index in [-0.39, 0.29) is 11.7 Å². The lowest BCUT2D eigenvalue weighted by atomic mass is 9.66. The lowest BCUT2D eigenvalue weighted by Gasteiger charge is -2.42. The number of nitrogens with zero attached hydrogens (tertiary/aromatic N) is 2. The van der Waals surface area contributed by atoms with Gasteiger partial charge in [0.15, 0.2) is 5.84 Å². The van der Waals surface area contributed by atoms with Crippen LogP contribution in [-0.2, 0) is 9.59 Å². The fourth-order valence-electron chi connectivity index (χ4n) is 2.79. The monoisotopic (exact) mass is 254 g/mol. The fourth-order valence-corrected chi connectivity index (χ4v) is 2.79. The summed E-state index contributed by atoms with van der Waals surface area (Å²) >= 11 is 0. The minimum atomic E-state index is -0.924. The van der Waals surface area contributed by atoms with E-state index in [1.807, 2.05) is 0 Å². The van der Waals surface area contributed by atoms with Crippen LogP contribution in [0.5, 0.6) is 0 Å². The molecule has 0 radical (unpaired) electrons. The molecule has 0 aromatic heterocycles. The Morgan fingerprint density at radius 1 is 1.28 bits per heavy atom. The summed E-state index contributed by atoms with van der Waals surface area (Å²) in [4.78, 5) is 25.3. The molecule has 2 fully saturated rings. The Balaban J connectivity index is 2.22. The third-order valence-electron chi connectivity index (χ3n) is 4.06. The molecule has 7 heteroatoms. The van der Waals surface area contributed by atoms with Crippen molar-refractivity contribution >= 4 is 17.6 Å². The highest BCUT2D eigenvalue weighted by molar-refractivity contribution is 6.08. The molecule has 7 nitrogen and oxygen atoms in total. The third-order valence-corrected chi connectivity index (χ3v) is 4.06. The first kappa shape index (κ1) is 12.7. The lowest BCUT2D eigenvalue weighted by molar-refractivity contribution is -0.146. The minimum absolute atomic E-state index is 0.0612. The van der Waals surface area contributed by atoms with E-state index >= 15 is 0 Å². The Morgan fingerprint density at radius 2 is 1.94 bits per heavy atom. The van der Waals surface area contributed by atoms with Crippen LogP contribution in [0.1, 0.15) is 32.1 Å². The first-order chi connectivity index (χ1) is 8.53.